The van der Waals surface area contributed by atoms with Crippen molar-refractivity contribution in [3.8, 4) is 0 Å². The minimum atomic E-state index is -0.562. The van der Waals surface area contributed by atoms with Crippen LogP contribution in [0.15, 0.2) is 24.3 Å². The molecule has 2 atom stereocenters. The molecular formula is C17H26FN3O2. The number of amides is 2. The SMILES string of the molecule is CN(C)C(CNC(=O)NC(C)(CO)C1CC1)c1ccc(F)cc1. The quantitative estimate of drug-likeness (QED) is 0.718. The second-order valence-corrected chi connectivity index (χ2v) is 6.72. The summed E-state index contributed by atoms with van der Waals surface area (Å²) in [6, 6.07) is 5.94. The van der Waals surface area contributed by atoms with Crippen LogP contribution in [0.25, 0.3) is 0 Å². The van der Waals surface area contributed by atoms with E-state index in [0.717, 1.165) is 18.4 Å². The van der Waals surface area contributed by atoms with Gasteiger partial charge in [-0.05, 0) is 57.5 Å². The number of carbonyl (C=O) groups excluding carboxylic acids is 1. The number of hydrogen-bond donors (Lipinski definition) is 3. The molecule has 0 bridgehead atoms. The number of nitrogens with zero attached hydrogens (tertiary/aromatic N) is 1. The lowest BCUT2D eigenvalue weighted by Gasteiger charge is -2.30. The molecule has 0 radical (unpaired) electrons. The highest BCUT2D eigenvalue weighted by Crippen LogP contribution is 2.39. The van der Waals surface area contributed by atoms with Crippen molar-refractivity contribution in [3.63, 3.8) is 0 Å². The molecule has 0 heterocycles. The first-order valence-corrected chi connectivity index (χ1v) is 7.94. The molecule has 3 N–H and O–H groups in total. The Bertz CT molecular complexity index is 531. The second-order valence-electron chi connectivity index (χ2n) is 6.72. The molecule has 6 heteroatoms. The van der Waals surface area contributed by atoms with Crippen LogP contribution in [-0.4, -0.2) is 48.8 Å². The zero-order valence-corrected chi connectivity index (χ0v) is 14.0. The number of likely N-dealkylation sites (N-methyl/N-ethyl adjacent to an activating group) is 1. The van der Waals surface area contributed by atoms with Crippen LogP contribution in [0.4, 0.5) is 9.18 Å². The molecule has 5 nitrogen and oxygen atoms in total. The highest BCUT2D eigenvalue weighted by atomic mass is 19.1. The minimum absolute atomic E-state index is 0.0531. The van der Waals surface area contributed by atoms with E-state index in [-0.39, 0.29) is 24.5 Å². The summed E-state index contributed by atoms with van der Waals surface area (Å²) in [7, 11) is 3.82. The van der Waals surface area contributed by atoms with Gasteiger partial charge in [-0.1, -0.05) is 12.1 Å². The van der Waals surface area contributed by atoms with Crippen LogP contribution in [0.2, 0.25) is 0 Å². The van der Waals surface area contributed by atoms with E-state index >= 15 is 0 Å². The molecule has 2 unspecified atom stereocenters. The van der Waals surface area contributed by atoms with Crippen LogP contribution < -0.4 is 10.6 Å². The maximum Gasteiger partial charge on any atom is 0.315 e. The number of hydrogen-bond acceptors (Lipinski definition) is 3. The number of halogens is 1. The second kappa shape index (κ2) is 7.27. The van der Waals surface area contributed by atoms with E-state index in [1.54, 1.807) is 12.1 Å². The van der Waals surface area contributed by atoms with Crippen LogP contribution in [-0.2, 0) is 0 Å². The molecule has 1 fully saturated rings. The van der Waals surface area contributed by atoms with E-state index < -0.39 is 5.54 Å². The van der Waals surface area contributed by atoms with Crippen molar-refractivity contribution in [2.45, 2.75) is 31.3 Å². The Balaban J connectivity index is 1.93. The van der Waals surface area contributed by atoms with Crippen LogP contribution in [0.5, 0.6) is 0 Å². The van der Waals surface area contributed by atoms with Gasteiger partial charge in [0.05, 0.1) is 18.2 Å². The van der Waals surface area contributed by atoms with Gasteiger partial charge in [0.2, 0.25) is 0 Å². The first-order valence-electron chi connectivity index (χ1n) is 7.94. The number of benzene rings is 1. The molecule has 2 amide bonds. The van der Waals surface area contributed by atoms with Crippen LogP contribution >= 0.6 is 0 Å². The lowest BCUT2D eigenvalue weighted by atomic mass is 9.97. The van der Waals surface area contributed by atoms with Gasteiger partial charge in [-0.25, -0.2) is 9.18 Å². The van der Waals surface area contributed by atoms with Gasteiger partial charge in [0.1, 0.15) is 5.82 Å². The van der Waals surface area contributed by atoms with Gasteiger partial charge in [0, 0.05) is 6.54 Å². The molecule has 0 saturated heterocycles. The molecule has 2 rings (SSSR count). The van der Waals surface area contributed by atoms with Gasteiger partial charge in [-0.15, -0.1) is 0 Å². The summed E-state index contributed by atoms with van der Waals surface area (Å²) in [4.78, 5) is 14.1. The highest BCUT2D eigenvalue weighted by Gasteiger charge is 2.42. The summed E-state index contributed by atoms with van der Waals surface area (Å²) >= 11 is 0. The van der Waals surface area contributed by atoms with Crippen molar-refractivity contribution < 1.29 is 14.3 Å². The van der Waals surface area contributed by atoms with Crippen molar-refractivity contribution in [1.29, 1.82) is 0 Å². The van der Waals surface area contributed by atoms with Gasteiger partial charge in [-0.3, -0.25) is 0 Å². The standard InChI is InChI=1S/C17H26FN3O2/c1-17(11-22,13-6-7-13)20-16(23)19-10-15(21(2)3)12-4-8-14(18)9-5-12/h4-5,8-9,13,15,22H,6-7,10-11H2,1-3H3,(H2,19,20,23). The number of rotatable bonds is 7. The third kappa shape index (κ3) is 4.65. The lowest BCUT2D eigenvalue weighted by Crippen LogP contribution is -2.54. The Kier molecular flexibility index (Phi) is 5.59. The summed E-state index contributed by atoms with van der Waals surface area (Å²) in [6.45, 7) is 2.20. The van der Waals surface area contributed by atoms with E-state index in [9.17, 15) is 14.3 Å². The maximum atomic E-state index is 13.1. The predicted octanol–water partition coefficient (Wildman–Crippen LogP) is 1.89. The Morgan fingerprint density at radius 2 is 2.00 bits per heavy atom. The molecule has 1 aliphatic carbocycles. The van der Waals surface area contributed by atoms with Crippen LogP contribution in [0.1, 0.15) is 31.4 Å². The van der Waals surface area contributed by atoms with Gasteiger partial charge in [0.25, 0.3) is 0 Å². The molecule has 0 spiro atoms. The van der Waals surface area contributed by atoms with E-state index in [2.05, 4.69) is 10.6 Å². The zero-order valence-electron chi connectivity index (χ0n) is 14.0. The summed E-state index contributed by atoms with van der Waals surface area (Å²) in [5.41, 5.74) is 0.372. The Morgan fingerprint density at radius 3 is 2.48 bits per heavy atom. The number of carbonyl (C=O) groups is 1. The summed E-state index contributed by atoms with van der Waals surface area (Å²) in [5, 5.41) is 15.3. The van der Waals surface area contributed by atoms with Crippen LogP contribution in [0.3, 0.4) is 0 Å². The fourth-order valence-electron chi connectivity index (χ4n) is 2.77. The monoisotopic (exact) mass is 323 g/mol. The van der Waals surface area contributed by atoms with Crippen molar-refractivity contribution in [3.05, 3.63) is 35.6 Å². The number of nitrogens with one attached hydrogen (secondary N) is 2. The Morgan fingerprint density at radius 1 is 1.39 bits per heavy atom. The largest absolute Gasteiger partial charge is 0.394 e. The third-order valence-corrected chi connectivity index (χ3v) is 4.54. The van der Waals surface area contributed by atoms with E-state index in [4.69, 9.17) is 0 Å². The summed E-state index contributed by atoms with van der Waals surface area (Å²) < 4.78 is 13.1. The van der Waals surface area contributed by atoms with E-state index in [1.807, 2.05) is 25.9 Å². The number of aliphatic hydroxyl groups excluding tert-OH is 1. The molecule has 1 saturated carbocycles. The Labute approximate surface area is 136 Å². The van der Waals surface area contributed by atoms with Crippen LogP contribution in [0, 0.1) is 11.7 Å². The molecule has 1 aliphatic rings. The summed E-state index contributed by atoms with van der Waals surface area (Å²) in [6.07, 6.45) is 2.07. The third-order valence-electron chi connectivity index (χ3n) is 4.54. The molecule has 0 aromatic heterocycles. The first kappa shape index (κ1) is 17.7. The molecule has 128 valence electrons. The number of aliphatic hydroxyl groups is 1. The minimum Gasteiger partial charge on any atom is -0.394 e. The van der Waals surface area contributed by atoms with Gasteiger partial charge >= 0.3 is 6.03 Å². The normalized spacial score (nSPS) is 18.3. The first-order chi connectivity index (χ1) is 10.9. The van der Waals surface area contributed by atoms with Crippen molar-refractivity contribution in [1.82, 2.24) is 15.5 Å². The van der Waals surface area contributed by atoms with Crippen molar-refractivity contribution in [2.24, 2.45) is 5.92 Å². The molecule has 23 heavy (non-hydrogen) atoms. The average molecular weight is 323 g/mol. The lowest BCUT2D eigenvalue weighted by molar-refractivity contribution is 0.154. The molecule has 0 aliphatic heterocycles. The average Bonchev–Trinajstić information content (AvgIpc) is 3.34. The molecule has 1 aromatic carbocycles. The molecular weight excluding hydrogens is 297 g/mol. The fourth-order valence-corrected chi connectivity index (χ4v) is 2.77. The summed E-state index contributed by atoms with van der Waals surface area (Å²) in [5.74, 6) is 0.0695. The van der Waals surface area contributed by atoms with Crippen molar-refractivity contribution >= 4 is 6.03 Å². The van der Waals surface area contributed by atoms with E-state index in [1.165, 1.54) is 12.1 Å². The topological polar surface area (TPSA) is 64.6 Å². The Hall–Kier alpha value is -1.66. The van der Waals surface area contributed by atoms with Gasteiger partial charge < -0.3 is 20.6 Å². The fraction of sp³-hybridized carbons (Fsp3) is 0.588. The van der Waals surface area contributed by atoms with Gasteiger partial charge in [0.15, 0.2) is 0 Å². The smallest absolute Gasteiger partial charge is 0.315 e. The van der Waals surface area contributed by atoms with Gasteiger partial charge in [-0.2, -0.15) is 0 Å². The molecule has 1 aromatic rings. The maximum absolute atomic E-state index is 13.1. The highest BCUT2D eigenvalue weighted by molar-refractivity contribution is 5.75. The number of urea groups is 1. The zero-order chi connectivity index (χ0) is 17.0. The van der Waals surface area contributed by atoms with Crippen molar-refractivity contribution in [2.75, 3.05) is 27.2 Å². The predicted molar refractivity (Wildman–Crippen MR) is 87.6 cm³/mol. The van der Waals surface area contributed by atoms with E-state index in [0.29, 0.717) is 12.5 Å².